The van der Waals surface area contributed by atoms with Gasteiger partial charge in [0.15, 0.2) is 0 Å². The van der Waals surface area contributed by atoms with Crippen LogP contribution >= 0.6 is 11.3 Å². The van der Waals surface area contributed by atoms with E-state index >= 15 is 0 Å². The maximum atomic E-state index is 12.0. The fourth-order valence-corrected chi connectivity index (χ4v) is 3.08. The lowest BCUT2D eigenvalue weighted by Crippen LogP contribution is -2.46. The fraction of sp³-hybridized carbons (Fsp3) is 0.417. The van der Waals surface area contributed by atoms with Crippen LogP contribution in [0.4, 0.5) is 0 Å². The molecule has 0 fully saturated rings. The number of nitrogens with zero attached hydrogens (tertiary/aromatic N) is 2. The number of nitrogens with one attached hydrogen (secondary N) is 1. The predicted octanol–water partition coefficient (Wildman–Crippen LogP) is 0.834. The minimum atomic E-state index is -0.706. The molecule has 0 bridgehead atoms. The van der Waals surface area contributed by atoms with Crippen LogP contribution in [-0.4, -0.2) is 29.8 Å². The lowest BCUT2D eigenvalue weighted by Gasteiger charge is -2.32. The van der Waals surface area contributed by atoms with Gasteiger partial charge >= 0.3 is 11.8 Å². The average molecular weight is 263 g/mol. The first-order valence-electron chi connectivity index (χ1n) is 5.67. The van der Waals surface area contributed by atoms with Crippen LogP contribution in [-0.2, 0) is 16.0 Å². The summed E-state index contributed by atoms with van der Waals surface area (Å²) in [6, 6.07) is 3.69. The molecule has 0 saturated heterocycles. The first kappa shape index (κ1) is 12.6. The highest BCUT2D eigenvalue weighted by molar-refractivity contribution is 7.10. The van der Waals surface area contributed by atoms with Gasteiger partial charge in [-0.05, 0) is 30.4 Å². The van der Waals surface area contributed by atoms with E-state index in [1.807, 2.05) is 18.4 Å². The predicted molar refractivity (Wildman–Crippen MR) is 66.8 cm³/mol. The molecule has 0 radical (unpaired) electrons. The zero-order valence-corrected chi connectivity index (χ0v) is 10.8. The third kappa shape index (κ3) is 2.22. The first-order valence-corrected chi connectivity index (χ1v) is 6.55. The van der Waals surface area contributed by atoms with Crippen molar-refractivity contribution in [3.63, 3.8) is 0 Å². The van der Waals surface area contributed by atoms with E-state index in [2.05, 4.69) is 5.32 Å². The van der Waals surface area contributed by atoms with Gasteiger partial charge in [-0.3, -0.25) is 9.59 Å². The van der Waals surface area contributed by atoms with Gasteiger partial charge in [0, 0.05) is 11.4 Å². The molecule has 2 heterocycles. The van der Waals surface area contributed by atoms with Gasteiger partial charge in [-0.25, -0.2) is 0 Å². The van der Waals surface area contributed by atoms with E-state index in [1.165, 1.54) is 4.88 Å². The Morgan fingerprint density at radius 2 is 2.44 bits per heavy atom. The minimum absolute atomic E-state index is 0.0830. The van der Waals surface area contributed by atoms with Crippen molar-refractivity contribution < 1.29 is 9.59 Å². The molecule has 2 rings (SSSR count). The Morgan fingerprint density at radius 1 is 1.67 bits per heavy atom. The molecule has 1 unspecified atom stereocenters. The van der Waals surface area contributed by atoms with Crippen molar-refractivity contribution in [2.24, 2.45) is 0 Å². The summed E-state index contributed by atoms with van der Waals surface area (Å²) < 4.78 is 0. The summed E-state index contributed by atoms with van der Waals surface area (Å²) in [5, 5.41) is 12.7. The van der Waals surface area contributed by atoms with Gasteiger partial charge in [-0.2, -0.15) is 5.26 Å². The summed E-state index contributed by atoms with van der Waals surface area (Å²) in [6.45, 7) is 2.32. The Bertz CT molecular complexity index is 518. The van der Waals surface area contributed by atoms with Crippen LogP contribution in [0.5, 0.6) is 0 Å². The Balaban J connectivity index is 2.09. The van der Waals surface area contributed by atoms with Gasteiger partial charge in [-0.15, -0.1) is 11.3 Å². The second-order valence-corrected chi connectivity index (χ2v) is 5.07. The maximum absolute atomic E-state index is 12.0. The zero-order chi connectivity index (χ0) is 13.1. The molecular weight excluding hydrogens is 250 g/mol. The molecule has 1 aliphatic heterocycles. The van der Waals surface area contributed by atoms with Crippen molar-refractivity contribution in [1.82, 2.24) is 10.2 Å². The van der Waals surface area contributed by atoms with E-state index < -0.39 is 11.8 Å². The van der Waals surface area contributed by atoms with Crippen LogP contribution in [0.1, 0.15) is 23.4 Å². The van der Waals surface area contributed by atoms with E-state index in [4.69, 9.17) is 5.26 Å². The SMILES string of the molecule is CC1c2ccsc2CCN1C(=O)C(=O)NCC#N. The number of hydrogen-bond donors (Lipinski definition) is 1. The van der Waals surface area contributed by atoms with Crippen molar-refractivity contribution in [3.05, 3.63) is 21.9 Å². The normalized spacial score (nSPS) is 17.8. The summed E-state index contributed by atoms with van der Waals surface area (Å²) in [6.07, 6.45) is 0.786. The van der Waals surface area contributed by atoms with Gasteiger partial charge in [-0.1, -0.05) is 0 Å². The summed E-state index contributed by atoms with van der Waals surface area (Å²) in [5.41, 5.74) is 1.12. The third-order valence-electron chi connectivity index (χ3n) is 3.06. The van der Waals surface area contributed by atoms with E-state index in [9.17, 15) is 9.59 Å². The molecule has 2 amide bonds. The van der Waals surface area contributed by atoms with Gasteiger partial charge in [0.25, 0.3) is 0 Å². The average Bonchev–Trinajstić information content (AvgIpc) is 2.84. The molecule has 18 heavy (non-hydrogen) atoms. The van der Waals surface area contributed by atoms with Gasteiger partial charge in [0.05, 0.1) is 12.1 Å². The molecular formula is C12H13N3O2S. The van der Waals surface area contributed by atoms with Crippen LogP contribution in [0.3, 0.4) is 0 Å². The third-order valence-corrected chi connectivity index (χ3v) is 4.06. The number of amides is 2. The lowest BCUT2D eigenvalue weighted by molar-refractivity contribution is -0.147. The van der Waals surface area contributed by atoms with Crippen molar-refractivity contribution in [2.45, 2.75) is 19.4 Å². The van der Waals surface area contributed by atoms with Crippen LogP contribution in [0.2, 0.25) is 0 Å². The second-order valence-electron chi connectivity index (χ2n) is 4.06. The minimum Gasteiger partial charge on any atom is -0.335 e. The lowest BCUT2D eigenvalue weighted by atomic mass is 10.0. The number of hydrogen-bond acceptors (Lipinski definition) is 4. The number of carbonyl (C=O) groups excluding carboxylic acids is 2. The first-order chi connectivity index (χ1) is 8.65. The van der Waals surface area contributed by atoms with Crippen molar-refractivity contribution >= 4 is 23.2 Å². The fourth-order valence-electron chi connectivity index (χ4n) is 2.11. The highest BCUT2D eigenvalue weighted by atomic mass is 32.1. The van der Waals surface area contributed by atoms with Crippen molar-refractivity contribution in [3.8, 4) is 6.07 Å². The van der Waals surface area contributed by atoms with Crippen LogP contribution in [0, 0.1) is 11.3 Å². The number of nitriles is 1. The van der Waals surface area contributed by atoms with Crippen LogP contribution in [0.15, 0.2) is 11.4 Å². The summed E-state index contributed by atoms with van der Waals surface area (Å²) in [5.74, 6) is -1.27. The molecule has 94 valence electrons. The van der Waals surface area contributed by atoms with E-state index in [1.54, 1.807) is 22.3 Å². The van der Waals surface area contributed by atoms with Crippen molar-refractivity contribution in [1.29, 1.82) is 5.26 Å². The van der Waals surface area contributed by atoms with E-state index in [0.29, 0.717) is 6.54 Å². The van der Waals surface area contributed by atoms with E-state index in [-0.39, 0.29) is 12.6 Å². The van der Waals surface area contributed by atoms with Gasteiger partial charge in [0.2, 0.25) is 0 Å². The largest absolute Gasteiger partial charge is 0.335 e. The standard InChI is InChI=1S/C12H13N3O2S/c1-8-9-3-7-18-10(9)2-6-15(8)12(17)11(16)14-5-4-13/h3,7-8H,2,5-6H2,1H3,(H,14,16). The van der Waals surface area contributed by atoms with Gasteiger partial charge in [0.1, 0.15) is 6.54 Å². The molecule has 6 heteroatoms. The van der Waals surface area contributed by atoms with Crippen LogP contribution < -0.4 is 5.32 Å². The van der Waals surface area contributed by atoms with E-state index in [0.717, 1.165) is 12.0 Å². The summed E-state index contributed by atoms with van der Waals surface area (Å²) in [4.78, 5) is 26.3. The Labute approximate surface area is 109 Å². The molecule has 0 aromatic carbocycles. The van der Waals surface area contributed by atoms with Gasteiger partial charge < -0.3 is 10.2 Å². The highest BCUT2D eigenvalue weighted by Gasteiger charge is 2.31. The molecule has 0 spiro atoms. The molecule has 1 aliphatic rings. The summed E-state index contributed by atoms with van der Waals surface area (Å²) in [7, 11) is 0. The number of fused-ring (bicyclic) bond motifs is 1. The number of thiophene rings is 1. The maximum Gasteiger partial charge on any atom is 0.312 e. The number of carbonyl (C=O) groups is 2. The molecule has 1 atom stereocenters. The Kier molecular flexibility index (Phi) is 3.63. The van der Waals surface area contributed by atoms with Crippen LogP contribution in [0.25, 0.3) is 0 Å². The highest BCUT2D eigenvalue weighted by Crippen LogP contribution is 2.32. The topological polar surface area (TPSA) is 73.2 Å². The summed E-state index contributed by atoms with van der Waals surface area (Å²) >= 11 is 1.68. The molecule has 1 N–H and O–H groups in total. The zero-order valence-electron chi connectivity index (χ0n) is 9.97. The molecule has 0 aliphatic carbocycles. The smallest absolute Gasteiger partial charge is 0.312 e. The monoisotopic (exact) mass is 263 g/mol. The Morgan fingerprint density at radius 3 is 3.17 bits per heavy atom. The van der Waals surface area contributed by atoms with Crippen molar-refractivity contribution in [2.75, 3.05) is 13.1 Å². The molecule has 1 aromatic heterocycles. The molecule has 0 saturated carbocycles. The molecule has 1 aromatic rings. The number of rotatable bonds is 1. The quantitative estimate of drug-likeness (QED) is 0.602. The molecule has 5 nitrogen and oxygen atoms in total. The second kappa shape index (κ2) is 5.19. The Hall–Kier alpha value is -1.87.